The SMILES string of the molecule is COc1cc(C)cc2c(C(C)C)cc(C)nc12. The molecular formula is C15H19NO. The number of nitrogens with zero attached hydrogens (tertiary/aromatic N) is 1. The number of fused-ring (bicyclic) bond motifs is 1. The summed E-state index contributed by atoms with van der Waals surface area (Å²) in [5.74, 6) is 1.36. The van der Waals surface area contributed by atoms with Crippen LogP contribution in [0.5, 0.6) is 5.75 Å². The van der Waals surface area contributed by atoms with Gasteiger partial charge >= 0.3 is 0 Å². The van der Waals surface area contributed by atoms with Crippen molar-refractivity contribution in [3.63, 3.8) is 0 Å². The summed E-state index contributed by atoms with van der Waals surface area (Å²) < 4.78 is 5.44. The van der Waals surface area contributed by atoms with Gasteiger partial charge in [-0.15, -0.1) is 0 Å². The molecule has 0 amide bonds. The minimum atomic E-state index is 0.491. The number of aryl methyl sites for hydroxylation is 2. The van der Waals surface area contributed by atoms with E-state index in [2.05, 4.69) is 37.9 Å². The summed E-state index contributed by atoms with van der Waals surface area (Å²) >= 11 is 0. The number of methoxy groups -OCH3 is 1. The number of benzene rings is 1. The van der Waals surface area contributed by atoms with Crippen molar-refractivity contribution in [3.05, 3.63) is 35.0 Å². The molecule has 17 heavy (non-hydrogen) atoms. The Balaban J connectivity index is 2.88. The predicted molar refractivity (Wildman–Crippen MR) is 71.9 cm³/mol. The van der Waals surface area contributed by atoms with Gasteiger partial charge < -0.3 is 4.74 Å². The molecule has 0 saturated carbocycles. The number of ether oxygens (including phenoxy) is 1. The second kappa shape index (κ2) is 4.36. The van der Waals surface area contributed by atoms with Gasteiger partial charge in [0.05, 0.1) is 7.11 Å². The van der Waals surface area contributed by atoms with Gasteiger partial charge in [-0.05, 0) is 49.1 Å². The van der Waals surface area contributed by atoms with E-state index in [4.69, 9.17) is 4.74 Å². The van der Waals surface area contributed by atoms with Gasteiger partial charge in [-0.2, -0.15) is 0 Å². The molecule has 0 aliphatic heterocycles. The second-order valence-corrected chi connectivity index (χ2v) is 4.87. The highest BCUT2D eigenvalue weighted by Gasteiger charge is 2.11. The lowest BCUT2D eigenvalue weighted by molar-refractivity contribution is 0.418. The van der Waals surface area contributed by atoms with Crippen LogP contribution in [0.3, 0.4) is 0 Å². The minimum absolute atomic E-state index is 0.491. The van der Waals surface area contributed by atoms with E-state index in [9.17, 15) is 0 Å². The summed E-state index contributed by atoms with van der Waals surface area (Å²) in [7, 11) is 1.70. The van der Waals surface area contributed by atoms with E-state index in [0.717, 1.165) is 17.0 Å². The van der Waals surface area contributed by atoms with E-state index in [1.165, 1.54) is 16.5 Å². The van der Waals surface area contributed by atoms with Crippen LogP contribution in [0, 0.1) is 13.8 Å². The zero-order valence-electron chi connectivity index (χ0n) is 11.2. The number of hydrogen-bond acceptors (Lipinski definition) is 2. The maximum absolute atomic E-state index is 5.44. The van der Waals surface area contributed by atoms with Crippen LogP contribution in [0.2, 0.25) is 0 Å². The van der Waals surface area contributed by atoms with Gasteiger partial charge in [-0.25, -0.2) is 4.98 Å². The molecule has 0 saturated heterocycles. The molecule has 0 atom stereocenters. The Labute approximate surface area is 103 Å². The third-order valence-electron chi connectivity index (χ3n) is 3.02. The van der Waals surface area contributed by atoms with Crippen molar-refractivity contribution in [3.8, 4) is 5.75 Å². The Morgan fingerprint density at radius 2 is 1.82 bits per heavy atom. The summed E-state index contributed by atoms with van der Waals surface area (Å²) in [4.78, 5) is 4.61. The van der Waals surface area contributed by atoms with Crippen LogP contribution in [0.1, 0.15) is 36.6 Å². The third-order valence-corrected chi connectivity index (χ3v) is 3.02. The first-order valence-corrected chi connectivity index (χ1v) is 5.99. The smallest absolute Gasteiger partial charge is 0.145 e. The lowest BCUT2D eigenvalue weighted by Crippen LogP contribution is -1.97. The van der Waals surface area contributed by atoms with Crippen molar-refractivity contribution in [2.75, 3.05) is 7.11 Å². The van der Waals surface area contributed by atoms with Crippen molar-refractivity contribution >= 4 is 10.9 Å². The van der Waals surface area contributed by atoms with Crippen molar-refractivity contribution in [2.45, 2.75) is 33.6 Å². The van der Waals surface area contributed by atoms with Crippen molar-refractivity contribution in [2.24, 2.45) is 0 Å². The second-order valence-electron chi connectivity index (χ2n) is 4.87. The first-order valence-electron chi connectivity index (χ1n) is 5.99. The minimum Gasteiger partial charge on any atom is -0.494 e. The lowest BCUT2D eigenvalue weighted by atomic mass is 9.96. The quantitative estimate of drug-likeness (QED) is 0.777. The molecule has 2 rings (SSSR count). The van der Waals surface area contributed by atoms with E-state index < -0.39 is 0 Å². The predicted octanol–water partition coefficient (Wildman–Crippen LogP) is 3.98. The van der Waals surface area contributed by atoms with Crippen molar-refractivity contribution in [1.82, 2.24) is 4.98 Å². The molecular weight excluding hydrogens is 210 g/mol. The maximum atomic E-state index is 5.44. The van der Waals surface area contributed by atoms with E-state index in [1.54, 1.807) is 7.11 Å². The van der Waals surface area contributed by atoms with Crippen LogP contribution < -0.4 is 4.74 Å². The molecule has 90 valence electrons. The number of pyridine rings is 1. The van der Waals surface area contributed by atoms with Gasteiger partial charge in [0.25, 0.3) is 0 Å². The first kappa shape index (κ1) is 11.9. The van der Waals surface area contributed by atoms with E-state index in [0.29, 0.717) is 5.92 Å². The molecule has 0 unspecified atom stereocenters. The van der Waals surface area contributed by atoms with E-state index in [1.807, 2.05) is 13.0 Å². The largest absolute Gasteiger partial charge is 0.494 e. The summed E-state index contributed by atoms with van der Waals surface area (Å²) in [6.07, 6.45) is 0. The summed E-state index contributed by atoms with van der Waals surface area (Å²) in [5.41, 5.74) is 4.57. The van der Waals surface area contributed by atoms with Crippen LogP contribution in [0.25, 0.3) is 10.9 Å². The Bertz CT molecular complexity index is 558. The Morgan fingerprint density at radius 1 is 1.12 bits per heavy atom. The number of rotatable bonds is 2. The zero-order chi connectivity index (χ0) is 12.6. The van der Waals surface area contributed by atoms with Gasteiger partial charge in [-0.1, -0.05) is 13.8 Å². The Kier molecular flexibility index (Phi) is 3.05. The van der Waals surface area contributed by atoms with Gasteiger partial charge in [0.1, 0.15) is 11.3 Å². The molecule has 0 aliphatic rings. The topological polar surface area (TPSA) is 22.1 Å². The first-order chi connectivity index (χ1) is 8.02. The fourth-order valence-electron chi connectivity index (χ4n) is 2.23. The van der Waals surface area contributed by atoms with Gasteiger partial charge in [0.2, 0.25) is 0 Å². The molecule has 2 heteroatoms. The van der Waals surface area contributed by atoms with Crippen LogP contribution in [0.4, 0.5) is 0 Å². The van der Waals surface area contributed by atoms with Crippen molar-refractivity contribution < 1.29 is 4.74 Å². The molecule has 0 bridgehead atoms. The third kappa shape index (κ3) is 2.12. The highest BCUT2D eigenvalue weighted by Crippen LogP contribution is 2.31. The lowest BCUT2D eigenvalue weighted by Gasteiger charge is -2.14. The fraction of sp³-hybridized carbons (Fsp3) is 0.400. The fourth-order valence-corrected chi connectivity index (χ4v) is 2.23. The average molecular weight is 229 g/mol. The highest BCUT2D eigenvalue weighted by molar-refractivity contribution is 5.88. The van der Waals surface area contributed by atoms with Crippen LogP contribution >= 0.6 is 0 Å². The van der Waals surface area contributed by atoms with Crippen LogP contribution in [-0.2, 0) is 0 Å². The Morgan fingerprint density at radius 3 is 2.41 bits per heavy atom. The van der Waals surface area contributed by atoms with Gasteiger partial charge in [0, 0.05) is 11.1 Å². The zero-order valence-corrected chi connectivity index (χ0v) is 11.2. The molecule has 0 spiro atoms. The molecule has 1 heterocycles. The van der Waals surface area contributed by atoms with E-state index >= 15 is 0 Å². The van der Waals surface area contributed by atoms with Gasteiger partial charge in [-0.3, -0.25) is 0 Å². The number of aromatic nitrogens is 1. The average Bonchev–Trinajstić information content (AvgIpc) is 2.27. The molecule has 2 nitrogen and oxygen atoms in total. The Hall–Kier alpha value is -1.57. The van der Waals surface area contributed by atoms with Crippen LogP contribution in [0.15, 0.2) is 18.2 Å². The maximum Gasteiger partial charge on any atom is 0.145 e. The summed E-state index contributed by atoms with van der Waals surface area (Å²) in [6, 6.07) is 6.41. The number of hydrogen-bond donors (Lipinski definition) is 0. The molecule has 2 aromatic rings. The normalized spacial score (nSPS) is 11.2. The van der Waals surface area contributed by atoms with Gasteiger partial charge in [0.15, 0.2) is 0 Å². The molecule has 0 radical (unpaired) electrons. The van der Waals surface area contributed by atoms with Crippen molar-refractivity contribution in [1.29, 1.82) is 0 Å². The molecule has 0 aliphatic carbocycles. The summed E-state index contributed by atoms with van der Waals surface area (Å²) in [5, 5.41) is 1.21. The van der Waals surface area contributed by atoms with E-state index in [-0.39, 0.29) is 0 Å². The molecule has 1 aromatic carbocycles. The van der Waals surface area contributed by atoms with Crippen LogP contribution in [-0.4, -0.2) is 12.1 Å². The molecule has 1 aromatic heterocycles. The molecule has 0 N–H and O–H groups in total. The standard InChI is InChI=1S/C15H19NO/c1-9(2)12-8-11(4)16-15-13(12)6-10(3)7-14(15)17-5/h6-9H,1-5H3. The monoisotopic (exact) mass is 229 g/mol. The highest BCUT2D eigenvalue weighted by atomic mass is 16.5. The molecule has 0 fully saturated rings. The summed E-state index contributed by atoms with van der Waals surface area (Å²) in [6.45, 7) is 8.54.